The van der Waals surface area contributed by atoms with E-state index in [1.54, 1.807) is 4.98 Å². The van der Waals surface area contributed by atoms with Gasteiger partial charge >= 0.3 is 13.3 Å². The van der Waals surface area contributed by atoms with Crippen molar-refractivity contribution in [2.24, 2.45) is 0 Å². The number of nitrogens with one attached hydrogen (secondary N) is 2. The van der Waals surface area contributed by atoms with Gasteiger partial charge in [-0.15, -0.1) is 0 Å². The van der Waals surface area contributed by atoms with Crippen molar-refractivity contribution in [1.29, 1.82) is 0 Å². The minimum absolute atomic E-state index is 0.696. The monoisotopic (exact) mass is 192 g/mol. The molecule has 0 aromatic carbocycles. The van der Waals surface area contributed by atoms with Crippen molar-refractivity contribution in [3.05, 3.63) is 27.0 Å². The lowest BCUT2D eigenvalue weighted by molar-refractivity contribution is 0.387. The van der Waals surface area contributed by atoms with Gasteiger partial charge in [-0.05, 0) is 0 Å². The average Bonchev–Trinajstić information content (AvgIpc) is 1.83. The molecule has 66 valence electrons. The van der Waals surface area contributed by atoms with Gasteiger partial charge in [0.2, 0.25) is 0 Å². The molecule has 0 fully saturated rings. The van der Waals surface area contributed by atoms with Crippen molar-refractivity contribution in [3.8, 4) is 0 Å². The standard InChI is InChI=1S/C4H5N2O5P/c7-3-2(12(9,10)11)1-5-4(8)6-3/h1H,(H2,9,10,11)(H2,5,6,7,8). The molecule has 0 spiro atoms. The SMILES string of the molecule is O=c1[nH]cc(P(=O)(O)O)c(=O)[nH]1. The van der Waals surface area contributed by atoms with E-state index in [9.17, 15) is 14.2 Å². The van der Waals surface area contributed by atoms with E-state index in [0.717, 1.165) is 0 Å². The van der Waals surface area contributed by atoms with Crippen LogP contribution in [0.5, 0.6) is 0 Å². The van der Waals surface area contributed by atoms with Crippen LogP contribution in [-0.2, 0) is 4.57 Å². The Labute approximate surface area is 65.2 Å². The summed E-state index contributed by atoms with van der Waals surface area (Å²) in [5.74, 6) is 0. The second kappa shape index (κ2) is 2.71. The summed E-state index contributed by atoms with van der Waals surface area (Å²) in [6.45, 7) is 0. The predicted molar refractivity (Wildman–Crippen MR) is 39.4 cm³/mol. The van der Waals surface area contributed by atoms with Gasteiger partial charge in [0.25, 0.3) is 5.56 Å². The summed E-state index contributed by atoms with van der Waals surface area (Å²) in [5.41, 5.74) is -1.88. The van der Waals surface area contributed by atoms with Crippen molar-refractivity contribution in [2.45, 2.75) is 0 Å². The Bertz CT molecular complexity index is 439. The van der Waals surface area contributed by atoms with Gasteiger partial charge in [0.1, 0.15) is 5.30 Å². The molecule has 8 heteroatoms. The molecule has 1 aromatic heterocycles. The Morgan fingerprint density at radius 2 is 1.92 bits per heavy atom. The minimum atomic E-state index is -4.59. The molecule has 7 nitrogen and oxygen atoms in total. The van der Waals surface area contributed by atoms with Crippen molar-refractivity contribution in [3.63, 3.8) is 0 Å². The molecule has 0 atom stereocenters. The Morgan fingerprint density at radius 3 is 2.33 bits per heavy atom. The second-order valence-corrected chi connectivity index (χ2v) is 3.57. The summed E-state index contributed by atoms with van der Waals surface area (Å²) in [5, 5.41) is -0.748. The Hall–Kier alpha value is -1.17. The summed E-state index contributed by atoms with van der Waals surface area (Å²) < 4.78 is 10.5. The highest BCUT2D eigenvalue weighted by atomic mass is 31.2. The van der Waals surface area contributed by atoms with E-state index in [1.807, 2.05) is 4.98 Å². The van der Waals surface area contributed by atoms with E-state index in [2.05, 4.69) is 0 Å². The highest BCUT2D eigenvalue weighted by Gasteiger charge is 2.21. The molecule has 0 saturated carbocycles. The van der Waals surface area contributed by atoms with Crippen LogP contribution in [0.4, 0.5) is 0 Å². The third-order valence-corrected chi connectivity index (χ3v) is 2.07. The lowest BCUT2D eigenvalue weighted by Crippen LogP contribution is -2.34. The third-order valence-electron chi connectivity index (χ3n) is 1.11. The molecule has 0 radical (unpaired) electrons. The predicted octanol–water partition coefficient (Wildman–Crippen LogP) is -2.13. The first-order valence-electron chi connectivity index (χ1n) is 2.79. The fourth-order valence-electron chi connectivity index (χ4n) is 0.619. The Balaban J connectivity index is 3.49. The maximum absolute atomic E-state index is 10.7. The number of hydrogen-bond donors (Lipinski definition) is 4. The van der Waals surface area contributed by atoms with E-state index in [-0.39, 0.29) is 0 Å². The number of aromatic amines is 2. The van der Waals surface area contributed by atoms with Gasteiger partial charge in [0.05, 0.1) is 0 Å². The van der Waals surface area contributed by atoms with Crippen LogP contribution in [0.1, 0.15) is 0 Å². The molecule has 1 heterocycles. The van der Waals surface area contributed by atoms with Crippen molar-refractivity contribution >= 4 is 12.9 Å². The molecule has 0 amide bonds. The van der Waals surface area contributed by atoms with Crippen LogP contribution >= 0.6 is 7.60 Å². The minimum Gasteiger partial charge on any atom is -0.321 e. The highest BCUT2D eigenvalue weighted by molar-refractivity contribution is 7.60. The van der Waals surface area contributed by atoms with Crippen LogP contribution < -0.4 is 16.6 Å². The zero-order valence-corrected chi connectivity index (χ0v) is 6.54. The summed E-state index contributed by atoms with van der Waals surface area (Å²) in [4.78, 5) is 41.8. The summed E-state index contributed by atoms with van der Waals surface area (Å²) >= 11 is 0. The van der Waals surface area contributed by atoms with Crippen molar-refractivity contribution < 1.29 is 14.4 Å². The zero-order valence-electron chi connectivity index (χ0n) is 5.64. The van der Waals surface area contributed by atoms with Gasteiger partial charge < -0.3 is 14.8 Å². The largest absolute Gasteiger partial charge is 0.363 e. The third kappa shape index (κ3) is 1.70. The van der Waals surface area contributed by atoms with Gasteiger partial charge in [-0.1, -0.05) is 0 Å². The van der Waals surface area contributed by atoms with Crippen LogP contribution in [0, 0.1) is 0 Å². The molecule has 4 N–H and O–H groups in total. The maximum Gasteiger partial charge on any atom is 0.363 e. The highest BCUT2D eigenvalue weighted by Crippen LogP contribution is 2.30. The maximum atomic E-state index is 10.7. The number of rotatable bonds is 1. The smallest absolute Gasteiger partial charge is 0.321 e. The van der Waals surface area contributed by atoms with E-state index in [1.165, 1.54) is 0 Å². The normalized spacial score (nSPS) is 11.5. The first kappa shape index (κ1) is 8.92. The van der Waals surface area contributed by atoms with Gasteiger partial charge in [-0.3, -0.25) is 14.3 Å². The van der Waals surface area contributed by atoms with Crippen LogP contribution in [-0.4, -0.2) is 19.8 Å². The molecular weight excluding hydrogens is 187 g/mol. The first-order valence-corrected chi connectivity index (χ1v) is 4.40. The molecule has 0 aliphatic heterocycles. The van der Waals surface area contributed by atoms with E-state index in [4.69, 9.17) is 9.79 Å². The topological polar surface area (TPSA) is 123 Å². The molecule has 0 aliphatic rings. The Morgan fingerprint density at radius 1 is 1.33 bits per heavy atom. The molecule has 0 aliphatic carbocycles. The number of H-pyrrole nitrogens is 2. The fraction of sp³-hybridized carbons (Fsp3) is 0. The lowest BCUT2D eigenvalue weighted by Gasteiger charge is -1.99. The summed E-state index contributed by atoms with van der Waals surface area (Å²) in [6, 6.07) is 0. The fourth-order valence-corrected chi connectivity index (χ4v) is 1.17. The van der Waals surface area contributed by atoms with Crippen LogP contribution in [0.25, 0.3) is 0 Å². The molecular formula is C4H5N2O5P. The summed E-state index contributed by atoms with van der Waals surface area (Å²) in [6.07, 6.45) is 0.696. The van der Waals surface area contributed by atoms with E-state index in [0.29, 0.717) is 6.20 Å². The van der Waals surface area contributed by atoms with E-state index < -0.39 is 24.1 Å². The van der Waals surface area contributed by atoms with Crippen LogP contribution in [0.3, 0.4) is 0 Å². The number of aromatic nitrogens is 2. The quantitative estimate of drug-likeness (QED) is 0.378. The van der Waals surface area contributed by atoms with Crippen LogP contribution in [0.15, 0.2) is 15.8 Å². The molecule has 0 unspecified atom stereocenters. The van der Waals surface area contributed by atoms with Crippen molar-refractivity contribution in [1.82, 2.24) is 9.97 Å². The van der Waals surface area contributed by atoms with Crippen molar-refractivity contribution in [2.75, 3.05) is 0 Å². The van der Waals surface area contributed by atoms with Crippen LogP contribution in [0.2, 0.25) is 0 Å². The second-order valence-electron chi connectivity index (χ2n) is 2.00. The average molecular weight is 192 g/mol. The van der Waals surface area contributed by atoms with Gasteiger partial charge in [-0.2, -0.15) is 0 Å². The van der Waals surface area contributed by atoms with Gasteiger partial charge in [0, 0.05) is 6.20 Å². The lowest BCUT2D eigenvalue weighted by atomic mass is 10.7. The number of hydrogen-bond acceptors (Lipinski definition) is 3. The van der Waals surface area contributed by atoms with E-state index >= 15 is 0 Å². The first-order chi connectivity index (χ1) is 5.41. The molecule has 0 saturated heterocycles. The zero-order chi connectivity index (χ0) is 9.35. The summed E-state index contributed by atoms with van der Waals surface area (Å²) in [7, 11) is -4.59. The molecule has 0 bridgehead atoms. The molecule has 1 aromatic rings. The van der Waals surface area contributed by atoms with Gasteiger partial charge in [-0.25, -0.2) is 4.79 Å². The Kier molecular flexibility index (Phi) is 2.01. The molecule has 1 rings (SSSR count). The van der Waals surface area contributed by atoms with Gasteiger partial charge in [0.15, 0.2) is 0 Å². The molecule has 12 heavy (non-hydrogen) atoms.